The van der Waals surface area contributed by atoms with Crippen LogP contribution in [0.25, 0.3) is 0 Å². The Kier molecular flexibility index (Phi) is 11.7. The first-order chi connectivity index (χ1) is 13.0. The van der Waals surface area contributed by atoms with Crippen molar-refractivity contribution in [2.24, 2.45) is 11.8 Å². The number of aliphatic carboxylic acids is 1. The van der Waals surface area contributed by atoms with Crippen molar-refractivity contribution in [2.75, 3.05) is 0 Å². The van der Waals surface area contributed by atoms with Gasteiger partial charge in [0.05, 0.1) is 18.3 Å². The molecule has 1 aliphatic carbocycles. The Morgan fingerprint density at radius 3 is 2.30 bits per heavy atom. The van der Waals surface area contributed by atoms with Crippen molar-refractivity contribution in [3.8, 4) is 0 Å². The molecule has 5 nitrogen and oxygen atoms in total. The number of hydrogen-bond donors (Lipinski definition) is 4. The molecular weight excluding hydrogens is 344 g/mol. The molecule has 5 atom stereocenters. The lowest BCUT2D eigenvalue weighted by Gasteiger charge is -2.19. The molecule has 27 heavy (non-hydrogen) atoms. The smallest absolute Gasteiger partial charge is 0.303 e. The maximum Gasteiger partial charge on any atom is 0.303 e. The summed E-state index contributed by atoms with van der Waals surface area (Å²) in [5.41, 5.74) is 0. The third-order valence-corrected chi connectivity index (χ3v) is 4.81. The van der Waals surface area contributed by atoms with Gasteiger partial charge in [0, 0.05) is 18.8 Å². The summed E-state index contributed by atoms with van der Waals surface area (Å²) in [4.78, 5) is 10.5. The third-order valence-electron chi connectivity index (χ3n) is 4.81. The molecule has 0 saturated heterocycles. The molecule has 0 heterocycles. The molecule has 0 radical (unpaired) electrons. The summed E-state index contributed by atoms with van der Waals surface area (Å²) < 4.78 is 0. The zero-order chi connectivity index (χ0) is 20.1. The number of allylic oxidation sites excluding steroid dienone is 6. The minimum absolute atomic E-state index is 0.101. The second kappa shape index (κ2) is 13.5. The molecule has 5 heteroatoms. The maximum absolute atomic E-state index is 10.5. The van der Waals surface area contributed by atoms with E-state index >= 15 is 0 Å². The van der Waals surface area contributed by atoms with E-state index in [-0.39, 0.29) is 24.7 Å². The van der Waals surface area contributed by atoms with Crippen LogP contribution in [0.5, 0.6) is 0 Å². The zero-order valence-electron chi connectivity index (χ0n) is 16.2. The summed E-state index contributed by atoms with van der Waals surface area (Å²) in [6.07, 6.45) is 17.6. The summed E-state index contributed by atoms with van der Waals surface area (Å²) in [7, 11) is 0. The van der Waals surface area contributed by atoms with Gasteiger partial charge in [-0.3, -0.25) is 4.79 Å². The molecule has 0 amide bonds. The summed E-state index contributed by atoms with van der Waals surface area (Å²) >= 11 is 0. The molecule has 152 valence electrons. The van der Waals surface area contributed by atoms with Gasteiger partial charge in [0.25, 0.3) is 0 Å². The van der Waals surface area contributed by atoms with Gasteiger partial charge in [-0.05, 0) is 38.0 Å². The van der Waals surface area contributed by atoms with Crippen LogP contribution in [0.15, 0.2) is 48.6 Å². The molecule has 0 unspecified atom stereocenters. The summed E-state index contributed by atoms with van der Waals surface area (Å²) in [6, 6.07) is 0. The molecule has 4 N–H and O–H groups in total. The minimum atomic E-state index is -0.947. The molecule has 0 spiro atoms. The van der Waals surface area contributed by atoms with Crippen molar-refractivity contribution in [3.63, 3.8) is 0 Å². The van der Waals surface area contributed by atoms with Crippen LogP contribution < -0.4 is 0 Å². The standard InChI is InChI=1S/C22H34O5/c1-2-3-4-5-6-7-8-9-10-11-18-19(21(25)16-20(18)24)14-12-17(23)13-15-22(26)27/h3-4,6-7,9-10,12,14,17-21,23-25H,2,5,8,11,13,15-16H2,1H3,(H,26,27)/b4-3-,7-6-,10-9-,14-12+/t17-,18-,19+,20+,21-/m1/s1. The highest BCUT2D eigenvalue weighted by molar-refractivity contribution is 5.66. The molecule has 0 aromatic heterocycles. The largest absolute Gasteiger partial charge is 0.481 e. The summed E-state index contributed by atoms with van der Waals surface area (Å²) in [5, 5.41) is 38.9. The van der Waals surface area contributed by atoms with E-state index in [4.69, 9.17) is 5.11 Å². The van der Waals surface area contributed by atoms with E-state index in [1.807, 2.05) is 6.08 Å². The van der Waals surface area contributed by atoms with Gasteiger partial charge >= 0.3 is 5.97 Å². The van der Waals surface area contributed by atoms with E-state index in [0.717, 1.165) is 19.3 Å². The Balaban J connectivity index is 2.47. The first-order valence-corrected chi connectivity index (χ1v) is 9.85. The van der Waals surface area contributed by atoms with Gasteiger partial charge < -0.3 is 20.4 Å². The molecule has 1 saturated carbocycles. The van der Waals surface area contributed by atoms with Gasteiger partial charge in [0.2, 0.25) is 0 Å². The molecule has 0 aliphatic heterocycles. The second-order valence-corrected chi connectivity index (χ2v) is 7.03. The van der Waals surface area contributed by atoms with Crippen LogP contribution in [0, 0.1) is 11.8 Å². The minimum Gasteiger partial charge on any atom is -0.481 e. The summed E-state index contributed by atoms with van der Waals surface area (Å²) in [5.74, 6) is -1.29. The fourth-order valence-electron chi connectivity index (χ4n) is 3.29. The quantitative estimate of drug-likeness (QED) is 0.390. The molecule has 1 aliphatic rings. The highest BCUT2D eigenvalue weighted by Gasteiger charge is 2.39. The van der Waals surface area contributed by atoms with Gasteiger partial charge in [0.15, 0.2) is 0 Å². The van der Waals surface area contributed by atoms with E-state index in [1.165, 1.54) is 6.08 Å². The molecule has 0 aromatic rings. The third kappa shape index (κ3) is 9.70. The van der Waals surface area contributed by atoms with Gasteiger partial charge in [-0.15, -0.1) is 0 Å². The predicted molar refractivity (Wildman–Crippen MR) is 107 cm³/mol. The lowest BCUT2D eigenvalue weighted by Crippen LogP contribution is -2.20. The summed E-state index contributed by atoms with van der Waals surface area (Å²) in [6.45, 7) is 2.11. The first-order valence-electron chi connectivity index (χ1n) is 9.85. The predicted octanol–water partition coefficient (Wildman–Crippen LogP) is 3.38. The van der Waals surface area contributed by atoms with Gasteiger partial charge in [-0.1, -0.05) is 55.5 Å². The van der Waals surface area contributed by atoms with Crippen LogP contribution in [-0.4, -0.2) is 44.7 Å². The van der Waals surface area contributed by atoms with E-state index < -0.39 is 24.3 Å². The lowest BCUT2D eigenvalue weighted by molar-refractivity contribution is -0.137. The Hall–Kier alpha value is -1.69. The van der Waals surface area contributed by atoms with Crippen LogP contribution in [-0.2, 0) is 4.79 Å². The van der Waals surface area contributed by atoms with E-state index in [2.05, 4.69) is 37.3 Å². The topological polar surface area (TPSA) is 98.0 Å². The van der Waals surface area contributed by atoms with Crippen LogP contribution in [0.1, 0.15) is 51.9 Å². The second-order valence-electron chi connectivity index (χ2n) is 7.03. The van der Waals surface area contributed by atoms with Crippen LogP contribution >= 0.6 is 0 Å². The van der Waals surface area contributed by atoms with E-state index in [9.17, 15) is 20.1 Å². The van der Waals surface area contributed by atoms with Crippen molar-refractivity contribution < 1.29 is 25.2 Å². The lowest BCUT2D eigenvalue weighted by atomic mass is 9.89. The number of hydrogen-bond acceptors (Lipinski definition) is 4. The van der Waals surface area contributed by atoms with Crippen LogP contribution in [0.2, 0.25) is 0 Å². The van der Waals surface area contributed by atoms with Crippen molar-refractivity contribution in [3.05, 3.63) is 48.6 Å². The number of aliphatic hydroxyl groups excluding tert-OH is 3. The van der Waals surface area contributed by atoms with Crippen molar-refractivity contribution in [2.45, 2.75) is 70.2 Å². The normalized spacial score (nSPS) is 27.6. The Morgan fingerprint density at radius 1 is 1.04 bits per heavy atom. The van der Waals surface area contributed by atoms with Crippen molar-refractivity contribution in [1.82, 2.24) is 0 Å². The van der Waals surface area contributed by atoms with Crippen LogP contribution in [0.3, 0.4) is 0 Å². The number of carboxylic acid groups (broad SMARTS) is 1. The van der Waals surface area contributed by atoms with Crippen molar-refractivity contribution >= 4 is 5.97 Å². The Bertz CT molecular complexity index is 535. The number of carbonyl (C=O) groups is 1. The molecule has 0 aromatic carbocycles. The highest BCUT2D eigenvalue weighted by Crippen LogP contribution is 2.36. The number of rotatable bonds is 12. The van der Waals surface area contributed by atoms with Gasteiger partial charge in [-0.2, -0.15) is 0 Å². The van der Waals surface area contributed by atoms with Gasteiger partial charge in [0.1, 0.15) is 0 Å². The Morgan fingerprint density at radius 2 is 1.67 bits per heavy atom. The maximum atomic E-state index is 10.5. The average molecular weight is 379 g/mol. The van der Waals surface area contributed by atoms with Gasteiger partial charge in [-0.25, -0.2) is 0 Å². The monoisotopic (exact) mass is 378 g/mol. The van der Waals surface area contributed by atoms with E-state index in [1.54, 1.807) is 6.08 Å². The fraction of sp³-hybridized carbons (Fsp3) is 0.591. The highest BCUT2D eigenvalue weighted by atomic mass is 16.4. The first kappa shape index (κ1) is 23.3. The fourth-order valence-corrected chi connectivity index (χ4v) is 3.29. The van der Waals surface area contributed by atoms with Crippen molar-refractivity contribution in [1.29, 1.82) is 0 Å². The molecule has 0 bridgehead atoms. The van der Waals surface area contributed by atoms with E-state index in [0.29, 0.717) is 12.8 Å². The zero-order valence-corrected chi connectivity index (χ0v) is 16.2. The number of carboxylic acids is 1. The molecular formula is C22H34O5. The SMILES string of the molecule is CC/C=C\C/C=C\C/C=C\C[C@@H]1[C@H](/C=C/[C@@H](O)CCC(=O)O)[C@H](O)C[C@@H]1O. The molecule has 1 fully saturated rings. The Labute approximate surface area is 162 Å². The number of aliphatic hydroxyl groups is 3. The molecule has 1 rings (SSSR count). The average Bonchev–Trinajstić information content (AvgIpc) is 2.89. The van der Waals surface area contributed by atoms with Crippen LogP contribution in [0.4, 0.5) is 0 Å².